The summed E-state index contributed by atoms with van der Waals surface area (Å²) in [5.41, 5.74) is 1.50. The maximum absolute atomic E-state index is 5.21. The molecule has 4 aromatic heterocycles. The molecule has 9 heteroatoms. The predicted octanol–water partition coefficient (Wildman–Crippen LogP) is 0.564. The molecule has 4 rings (SSSR count). The molecule has 0 unspecified atom stereocenters. The predicted molar refractivity (Wildman–Crippen MR) is 61.7 cm³/mol. The standard InChI is InChI=1S/C10H6N8O/c1-2-18-7(4-11-1)6(3-14-18)10-15-9(17-19-10)8-12-5-13-16-8/h1-5H,(H,12,13,16). The van der Waals surface area contributed by atoms with E-state index in [1.807, 2.05) is 0 Å². The van der Waals surface area contributed by atoms with Gasteiger partial charge in [-0.3, -0.25) is 10.1 Å². The lowest BCUT2D eigenvalue weighted by molar-refractivity contribution is 0.432. The normalized spacial score (nSPS) is 11.2. The van der Waals surface area contributed by atoms with Crippen LogP contribution in [0.1, 0.15) is 0 Å². The third-order valence-corrected chi connectivity index (χ3v) is 2.61. The second-order valence-corrected chi connectivity index (χ2v) is 3.72. The third kappa shape index (κ3) is 1.48. The van der Waals surface area contributed by atoms with Crippen molar-refractivity contribution in [3.63, 3.8) is 0 Å². The Bertz CT molecular complexity index is 830. The quantitative estimate of drug-likeness (QED) is 0.556. The zero-order valence-electron chi connectivity index (χ0n) is 9.43. The summed E-state index contributed by atoms with van der Waals surface area (Å²) < 4.78 is 6.89. The van der Waals surface area contributed by atoms with Crippen LogP contribution in [0.25, 0.3) is 28.6 Å². The van der Waals surface area contributed by atoms with Crippen LogP contribution >= 0.6 is 0 Å². The van der Waals surface area contributed by atoms with Gasteiger partial charge in [0.25, 0.3) is 5.89 Å². The van der Waals surface area contributed by atoms with Crippen molar-refractivity contribution in [1.29, 1.82) is 0 Å². The Hall–Kier alpha value is -3.10. The first kappa shape index (κ1) is 9.88. The van der Waals surface area contributed by atoms with Gasteiger partial charge in [0.15, 0.2) is 5.82 Å². The summed E-state index contributed by atoms with van der Waals surface area (Å²) in [6, 6.07) is 0. The molecule has 92 valence electrons. The van der Waals surface area contributed by atoms with Crippen molar-refractivity contribution in [3.05, 3.63) is 31.1 Å². The summed E-state index contributed by atoms with van der Waals surface area (Å²) >= 11 is 0. The van der Waals surface area contributed by atoms with Gasteiger partial charge in [-0.15, -0.1) is 0 Å². The number of H-pyrrole nitrogens is 1. The lowest BCUT2D eigenvalue weighted by Crippen LogP contribution is -1.86. The van der Waals surface area contributed by atoms with Gasteiger partial charge in [0.1, 0.15) is 6.33 Å². The molecule has 0 saturated heterocycles. The zero-order valence-corrected chi connectivity index (χ0v) is 9.43. The van der Waals surface area contributed by atoms with Crippen LogP contribution in [0.5, 0.6) is 0 Å². The summed E-state index contributed by atoms with van der Waals surface area (Å²) in [7, 11) is 0. The fraction of sp³-hybridized carbons (Fsp3) is 0. The number of aromatic nitrogens is 8. The van der Waals surface area contributed by atoms with Crippen LogP contribution in [0, 0.1) is 0 Å². The van der Waals surface area contributed by atoms with E-state index in [-0.39, 0.29) is 0 Å². The molecular formula is C10H6N8O. The summed E-state index contributed by atoms with van der Waals surface area (Å²) in [5.74, 6) is 1.15. The first-order valence-corrected chi connectivity index (χ1v) is 5.39. The number of rotatable bonds is 2. The highest BCUT2D eigenvalue weighted by Crippen LogP contribution is 2.23. The Morgan fingerprint density at radius 3 is 3.16 bits per heavy atom. The average molecular weight is 254 g/mol. The maximum Gasteiger partial charge on any atom is 0.262 e. The van der Waals surface area contributed by atoms with Crippen LogP contribution in [0.3, 0.4) is 0 Å². The molecule has 0 amide bonds. The Kier molecular flexibility index (Phi) is 1.92. The molecule has 0 spiro atoms. The lowest BCUT2D eigenvalue weighted by atomic mass is 10.3. The first-order chi connectivity index (χ1) is 9.42. The van der Waals surface area contributed by atoms with E-state index in [1.165, 1.54) is 6.33 Å². The van der Waals surface area contributed by atoms with Gasteiger partial charge in [0.2, 0.25) is 5.82 Å². The minimum absolute atomic E-state index is 0.343. The fourth-order valence-electron chi connectivity index (χ4n) is 1.74. The van der Waals surface area contributed by atoms with Gasteiger partial charge in [-0.1, -0.05) is 5.16 Å². The van der Waals surface area contributed by atoms with E-state index in [0.29, 0.717) is 23.1 Å². The third-order valence-electron chi connectivity index (χ3n) is 2.61. The zero-order chi connectivity index (χ0) is 12.7. The molecule has 0 aliphatic carbocycles. The molecule has 9 nitrogen and oxygen atoms in total. The van der Waals surface area contributed by atoms with Gasteiger partial charge in [-0.05, 0) is 0 Å². The summed E-state index contributed by atoms with van der Waals surface area (Å²) in [4.78, 5) is 12.3. The first-order valence-electron chi connectivity index (χ1n) is 5.39. The number of hydrogen-bond acceptors (Lipinski definition) is 7. The Balaban J connectivity index is 1.85. The smallest absolute Gasteiger partial charge is 0.262 e. The fourth-order valence-corrected chi connectivity index (χ4v) is 1.74. The van der Waals surface area contributed by atoms with Gasteiger partial charge >= 0.3 is 0 Å². The van der Waals surface area contributed by atoms with E-state index in [0.717, 1.165) is 5.52 Å². The monoisotopic (exact) mass is 254 g/mol. The van der Waals surface area contributed by atoms with Crippen molar-refractivity contribution in [1.82, 2.24) is 39.9 Å². The van der Waals surface area contributed by atoms with E-state index in [1.54, 1.807) is 29.3 Å². The topological polar surface area (TPSA) is 111 Å². The summed E-state index contributed by atoms with van der Waals surface area (Å²) in [5, 5.41) is 14.4. The molecule has 0 radical (unpaired) electrons. The van der Waals surface area contributed by atoms with Crippen molar-refractivity contribution < 1.29 is 4.52 Å². The van der Waals surface area contributed by atoms with E-state index in [2.05, 4.69) is 35.4 Å². The molecule has 0 aromatic carbocycles. The van der Waals surface area contributed by atoms with Crippen LogP contribution in [0.15, 0.2) is 35.6 Å². The highest BCUT2D eigenvalue weighted by Gasteiger charge is 2.16. The van der Waals surface area contributed by atoms with Gasteiger partial charge < -0.3 is 4.52 Å². The van der Waals surface area contributed by atoms with E-state index < -0.39 is 0 Å². The SMILES string of the molecule is c1cn2ncc(-c3nc(-c4ncn[nH]4)no3)c2cn1. The average Bonchev–Trinajstić information content (AvgIpc) is 3.18. The Morgan fingerprint density at radius 2 is 2.26 bits per heavy atom. The second kappa shape index (κ2) is 3.70. The van der Waals surface area contributed by atoms with Gasteiger partial charge in [-0.2, -0.15) is 15.2 Å². The van der Waals surface area contributed by atoms with Crippen LogP contribution in [0.4, 0.5) is 0 Å². The molecule has 0 atom stereocenters. The van der Waals surface area contributed by atoms with E-state index in [4.69, 9.17) is 4.52 Å². The molecule has 0 saturated carbocycles. The minimum atomic E-state index is 0.343. The van der Waals surface area contributed by atoms with Crippen molar-refractivity contribution in [2.45, 2.75) is 0 Å². The van der Waals surface area contributed by atoms with Gasteiger partial charge in [-0.25, -0.2) is 9.50 Å². The Labute approximate surface area is 105 Å². The van der Waals surface area contributed by atoms with Gasteiger partial charge in [0, 0.05) is 12.4 Å². The van der Waals surface area contributed by atoms with Crippen LogP contribution in [-0.2, 0) is 0 Å². The highest BCUT2D eigenvalue weighted by atomic mass is 16.5. The molecule has 0 bridgehead atoms. The minimum Gasteiger partial charge on any atom is -0.333 e. The largest absolute Gasteiger partial charge is 0.333 e. The highest BCUT2D eigenvalue weighted by molar-refractivity contribution is 5.74. The molecule has 1 N–H and O–H groups in total. The van der Waals surface area contributed by atoms with E-state index >= 15 is 0 Å². The van der Waals surface area contributed by atoms with Crippen molar-refractivity contribution in [3.8, 4) is 23.1 Å². The second-order valence-electron chi connectivity index (χ2n) is 3.72. The number of nitrogens with zero attached hydrogens (tertiary/aromatic N) is 7. The van der Waals surface area contributed by atoms with Crippen LogP contribution in [0.2, 0.25) is 0 Å². The number of fused-ring (bicyclic) bond motifs is 1. The molecule has 0 aliphatic heterocycles. The lowest BCUT2D eigenvalue weighted by Gasteiger charge is -1.91. The number of hydrogen-bond donors (Lipinski definition) is 1. The number of nitrogens with one attached hydrogen (secondary N) is 1. The molecule has 4 heterocycles. The molecular weight excluding hydrogens is 248 g/mol. The molecule has 19 heavy (non-hydrogen) atoms. The molecule has 0 aliphatic rings. The van der Waals surface area contributed by atoms with Gasteiger partial charge in [0.05, 0.1) is 23.5 Å². The van der Waals surface area contributed by atoms with E-state index in [9.17, 15) is 0 Å². The summed E-state index contributed by atoms with van der Waals surface area (Å²) in [6.45, 7) is 0. The van der Waals surface area contributed by atoms with Crippen molar-refractivity contribution in [2.75, 3.05) is 0 Å². The van der Waals surface area contributed by atoms with Crippen LogP contribution in [-0.4, -0.2) is 39.9 Å². The Morgan fingerprint density at radius 1 is 1.26 bits per heavy atom. The summed E-state index contributed by atoms with van der Waals surface area (Å²) in [6.07, 6.45) is 8.10. The van der Waals surface area contributed by atoms with Crippen LogP contribution < -0.4 is 0 Å². The van der Waals surface area contributed by atoms with Crippen molar-refractivity contribution >= 4 is 5.52 Å². The van der Waals surface area contributed by atoms with Crippen molar-refractivity contribution in [2.24, 2.45) is 0 Å². The molecule has 0 fully saturated rings. The molecule has 4 aromatic rings. The number of aromatic amines is 1. The maximum atomic E-state index is 5.21.